The molecule has 84 valence electrons. The summed E-state index contributed by atoms with van der Waals surface area (Å²) in [7, 11) is 0. The Labute approximate surface area is 88.6 Å². The SMILES string of the molecule is CCOC(=O)C(N)Cc1ccccc1.F. The van der Waals surface area contributed by atoms with Gasteiger partial charge in [0.25, 0.3) is 0 Å². The van der Waals surface area contributed by atoms with Crippen LogP contribution in [0.1, 0.15) is 12.5 Å². The molecule has 0 fully saturated rings. The monoisotopic (exact) mass is 213 g/mol. The Morgan fingerprint density at radius 2 is 2.00 bits per heavy atom. The smallest absolute Gasteiger partial charge is 0.323 e. The maximum Gasteiger partial charge on any atom is 0.323 e. The van der Waals surface area contributed by atoms with E-state index in [2.05, 4.69) is 0 Å². The molecule has 0 aromatic heterocycles. The standard InChI is InChI=1S/C11H15NO2.FH/c1-2-14-11(13)10(12)8-9-6-4-3-5-7-9;/h3-7,10H,2,8,12H2,1H3;1H. The predicted octanol–water partition coefficient (Wildman–Crippen LogP) is 1.27. The molecule has 1 aromatic carbocycles. The van der Waals surface area contributed by atoms with E-state index in [1.807, 2.05) is 30.3 Å². The van der Waals surface area contributed by atoms with Gasteiger partial charge < -0.3 is 10.5 Å². The van der Waals surface area contributed by atoms with Gasteiger partial charge in [0, 0.05) is 0 Å². The van der Waals surface area contributed by atoms with Gasteiger partial charge in [-0.2, -0.15) is 0 Å². The van der Waals surface area contributed by atoms with E-state index in [9.17, 15) is 4.79 Å². The largest absolute Gasteiger partial charge is 0.465 e. The Bertz CT molecular complexity index is 290. The number of hydrogen-bond donors (Lipinski definition) is 1. The predicted molar refractivity (Wildman–Crippen MR) is 57.3 cm³/mol. The summed E-state index contributed by atoms with van der Waals surface area (Å²) in [4.78, 5) is 11.2. The topological polar surface area (TPSA) is 52.3 Å². The number of carbonyl (C=O) groups is 1. The summed E-state index contributed by atoms with van der Waals surface area (Å²) in [5.41, 5.74) is 6.71. The molecule has 0 bridgehead atoms. The van der Waals surface area contributed by atoms with Gasteiger partial charge >= 0.3 is 5.97 Å². The molecule has 2 N–H and O–H groups in total. The van der Waals surface area contributed by atoms with Crippen molar-refractivity contribution in [2.75, 3.05) is 6.61 Å². The third-order valence-corrected chi connectivity index (χ3v) is 1.89. The quantitative estimate of drug-likeness (QED) is 0.766. The lowest BCUT2D eigenvalue weighted by atomic mass is 10.1. The molecule has 1 aromatic rings. The summed E-state index contributed by atoms with van der Waals surface area (Å²) in [6, 6.07) is 9.11. The van der Waals surface area contributed by atoms with Crippen LogP contribution in [-0.4, -0.2) is 18.6 Å². The van der Waals surface area contributed by atoms with Gasteiger partial charge in [-0.05, 0) is 18.9 Å². The van der Waals surface area contributed by atoms with Crippen LogP contribution >= 0.6 is 0 Å². The second-order valence-corrected chi connectivity index (χ2v) is 3.05. The Morgan fingerprint density at radius 3 is 2.53 bits per heavy atom. The molecule has 0 aliphatic heterocycles. The molecule has 4 heteroatoms. The van der Waals surface area contributed by atoms with Crippen LogP contribution < -0.4 is 5.73 Å². The zero-order valence-corrected chi connectivity index (χ0v) is 8.68. The number of benzene rings is 1. The summed E-state index contributed by atoms with van der Waals surface area (Å²) >= 11 is 0. The summed E-state index contributed by atoms with van der Waals surface area (Å²) in [6.45, 7) is 2.15. The fraction of sp³-hybridized carbons (Fsp3) is 0.364. The lowest BCUT2D eigenvalue weighted by molar-refractivity contribution is -0.144. The van der Waals surface area contributed by atoms with Crippen molar-refractivity contribution < 1.29 is 14.2 Å². The van der Waals surface area contributed by atoms with E-state index in [0.29, 0.717) is 13.0 Å². The summed E-state index contributed by atoms with van der Waals surface area (Å²) in [5, 5.41) is 0. The Morgan fingerprint density at radius 1 is 1.40 bits per heavy atom. The number of hydrogen-bond acceptors (Lipinski definition) is 3. The maximum atomic E-state index is 11.2. The highest BCUT2D eigenvalue weighted by Gasteiger charge is 2.14. The van der Waals surface area contributed by atoms with Crippen molar-refractivity contribution in [2.24, 2.45) is 5.73 Å². The zero-order valence-electron chi connectivity index (χ0n) is 8.68. The fourth-order valence-electron chi connectivity index (χ4n) is 1.20. The third-order valence-electron chi connectivity index (χ3n) is 1.89. The van der Waals surface area contributed by atoms with Crippen molar-refractivity contribution in [3.8, 4) is 0 Å². The molecule has 0 amide bonds. The van der Waals surface area contributed by atoms with Crippen molar-refractivity contribution in [1.29, 1.82) is 0 Å². The Balaban J connectivity index is 0.00000196. The van der Waals surface area contributed by atoms with Gasteiger partial charge in [0.2, 0.25) is 0 Å². The van der Waals surface area contributed by atoms with Gasteiger partial charge in [-0.1, -0.05) is 30.3 Å². The molecule has 0 saturated heterocycles. The summed E-state index contributed by atoms with van der Waals surface area (Å²) in [5.74, 6) is -0.337. The zero-order chi connectivity index (χ0) is 10.4. The lowest BCUT2D eigenvalue weighted by Gasteiger charge is -2.09. The minimum absolute atomic E-state index is 0. The first-order valence-electron chi connectivity index (χ1n) is 4.70. The highest BCUT2D eigenvalue weighted by molar-refractivity contribution is 5.75. The van der Waals surface area contributed by atoms with E-state index in [1.165, 1.54) is 0 Å². The number of esters is 1. The molecule has 0 spiro atoms. The average Bonchev–Trinajstić information content (AvgIpc) is 2.19. The van der Waals surface area contributed by atoms with Crippen LogP contribution in [0.2, 0.25) is 0 Å². The first kappa shape index (κ1) is 13.6. The third kappa shape index (κ3) is 4.56. The van der Waals surface area contributed by atoms with E-state index < -0.39 is 6.04 Å². The molecule has 0 aliphatic carbocycles. The van der Waals surface area contributed by atoms with Gasteiger partial charge in [-0.25, -0.2) is 0 Å². The summed E-state index contributed by atoms with van der Waals surface area (Å²) in [6.07, 6.45) is 0.527. The molecule has 1 atom stereocenters. The van der Waals surface area contributed by atoms with Crippen LogP contribution in [0.5, 0.6) is 0 Å². The molecule has 0 saturated carbocycles. The first-order valence-corrected chi connectivity index (χ1v) is 4.70. The van der Waals surface area contributed by atoms with E-state index in [1.54, 1.807) is 6.92 Å². The van der Waals surface area contributed by atoms with E-state index >= 15 is 0 Å². The molecule has 1 rings (SSSR count). The van der Waals surface area contributed by atoms with Crippen molar-refractivity contribution >= 4 is 5.97 Å². The summed E-state index contributed by atoms with van der Waals surface area (Å²) < 4.78 is 4.81. The lowest BCUT2D eigenvalue weighted by Crippen LogP contribution is -2.34. The minimum atomic E-state index is -0.558. The molecule has 1 unspecified atom stereocenters. The highest BCUT2D eigenvalue weighted by atomic mass is 19.0. The molecule has 3 nitrogen and oxygen atoms in total. The van der Waals surface area contributed by atoms with Crippen LogP contribution in [0.15, 0.2) is 30.3 Å². The number of nitrogens with two attached hydrogens (primary N) is 1. The van der Waals surface area contributed by atoms with Crippen molar-refractivity contribution in [2.45, 2.75) is 19.4 Å². The number of rotatable bonds is 4. The van der Waals surface area contributed by atoms with E-state index in [-0.39, 0.29) is 10.7 Å². The normalized spacial score (nSPS) is 11.3. The maximum absolute atomic E-state index is 11.2. The van der Waals surface area contributed by atoms with Gasteiger partial charge in [0.15, 0.2) is 0 Å². The fourth-order valence-corrected chi connectivity index (χ4v) is 1.20. The molecular weight excluding hydrogens is 197 g/mol. The second kappa shape index (κ2) is 6.95. The van der Waals surface area contributed by atoms with Crippen LogP contribution in [-0.2, 0) is 16.0 Å². The van der Waals surface area contributed by atoms with Gasteiger partial charge in [0.05, 0.1) is 6.61 Å². The average molecular weight is 213 g/mol. The molecule has 0 heterocycles. The number of carbonyl (C=O) groups excluding carboxylic acids is 1. The number of halogens is 1. The minimum Gasteiger partial charge on any atom is -0.465 e. The highest BCUT2D eigenvalue weighted by Crippen LogP contribution is 2.02. The van der Waals surface area contributed by atoms with E-state index in [0.717, 1.165) is 5.56 Å². The molecule has 0 aliphatic rings. The van der Waals surface area contributed by atoms with Crippen LogP contribution in [0.25, 0.3) is 0 Å². The van der Waals surface area contributed by atoms with Crippen molar-refractivity contribution in [3.63, 3.8) is 0 Å². The van der Waals surface area contributed by atoms with Crippen molar-refractivity contribution in [1.82, 2.24) is 0 Å². The molecule has 15 heavy (non-hydrogen) atoms. The second-order valence-electron chi connectivity index (χ2n) is 3.05. The molecule has 0 radical (unpaired) electrons. The van der Waals surface area contributed by atoms with Gasteiger partial charge in [-0.3, -0.25) is 9.50 Å². The number of ether oxygens (including phenoxy) is 1. The first-order chi connectivity index (χ1) is 6.74. The van der Waals surface area contributed by atoms with Gasteiger partial charge in [0.1, 0.15) is 6.04 Å². The Kier molecular flexibility index (Phi) is 6.29. The van der Waals surface area contributed by atoms with Gasteiger partial charge in [-0.15, -0.1) is 0 Å². The molecular formula is C11H16FNO2. The van der Waals surface area contributed by atoms with Crippen LogP contribution in [0.4, 0.5) is 4.70 Å². The van der Waals surface area contributed by atoms with Crippen molar-refractivity contribution in [3.05, 3.63) is 35.9 Å². The van der Waals surface area contributed by atoms with E-state index in [4.69, 9.17) is 10.5 Å². The Hall–Kier alpha value is -1.42. The van der Waals surface area contributed by atoms with Crippen LogP contribution in [0, 0.1) is 0 Å². The van der Waals surface area contributed by atoms with Crippen LogP contribution in [0.3, 0.4) is 0 Å².